The summed E-state index contributed by atoms with van der Waals surface area (Å²) in [7, 11) is 0. The average Bonchev–Trinajstić information content (AvgIpc) is 3.06. The van der Waals surface area contributed by atoms with Gasteiger partial charge in [-0.05, 0) is 37.0 Å². The molecule has 2 heterocycles. The fourth-order valence-electron chi connectivity index (χ4n) is 3.52. The third-order valence-electron chi connectivity index (χ3n) is 5.05. The van der Waals surface area contributed by atoms with Crippen LogP contribution in [0.4, 0.5) is 20.6 Å². The summed E-state index contributed by atoms with van der Waals surface area (Å²) >= 11 is 0. The molecule has 1 aromatic rings. The van der Waals surface area contributed by atoms with Crippen LogP contribution in [0.5, 0.6) is 0 Å². The highest BCUT2D eigenvalue weighted by atomic mass is 19.1. The van der Waals surface area contributed by atoms with Crippen molar-refractivity contribution in [3.05, 3.63) is 24.0 Å². The van der Waals surface area contributed by atoms with E-state index in [2.05, 4.69) is 15.7 Å². The second-order valence-electron chi connectivity index (χ2n) is 7.03. The van der Waals surface area contributed by atoms with Crippen LogP contribution in [0, 0.1) is 11.7 Å². The van der Waals surface area contributed by atoms with E-state index >= 15 is 0 Å². The molecule has 0 bridgehead atoms. The fourth-order valence-corrected chi connectivity index (χ4v) is 3.52. The zero-order chi connectivity index (χ0) is 20.1. The van der Waals surface area contributed by atoms with Crippen LogP contribution in [0.1, 0.15) is 19.8 Å². The van der Waals surface area contributed by atoms with E-state index in [9.17, 15) is 14.0 Å². The first-order valence-electron chi connectivity index (χ1n) is 9.26. The van der Waals surface area contributed by atoms with Crippen LogP contribution in [0.2, 0.25) is 0 Å². The van der Waals surface area contributed by atoms with Crippen LogP contribution < -0.4 is 15.1 Å². The number of hydrogen-bond donors (Lipinski definition) is 2. The maximum atomic E-state index is 14.7. The molecular weight excluding hydrogens is 369 g/mol. The summed E-state index contributed by atoms with van der Waals surface area (Å²) in [5.74, 6) is -0.272. The molecule has 2 aliphatic heterocycles. The van der Waals surface area contributed by atoms with Crippen molar-refractivity contribution in [1.82, 2.24) is 5.32 Å². The third-order valence-corrected chi connectivity index (χ3v) is 5.05. The number of ether oxygens (including phenoxy) is 1. The summed E-state index contributed by atoms with van der Waals surface area (Å²) in [6, 6.07) is 4.71. The van der Waals surface area contributed by atoms with Gasteiger partial charge in [0.05, 0.1) is 31.0 Å². The molecule has 0 aromatic heterocycles. The van der Waals surface area contributed by atoms with Crippen molar-refractivity contribution in [2.75, 3.05) is 42.5 Å². The number of nitrogens with one attached hydrogen (secondary N) is 1. The zero-order valence-corrected chi connectivity index (χ0v) is 15.7. The molecule has 152 valence electrons. The van der Waals surface area contributed by atoms with E-state index < -0.39 is 18.0 Å². The number of piperidine rings is 1. The molecule has 2 amide bonds. The smallest absolute Gasteiger partial charge is 0.414 e. The summed E-state index contributed by atoms with van der Waals surface area (Å²) < 4.78 is 19.9. The lowest BCUT2D eigenvalue weighted by atomic mass is 9.96. The van der Waals surface area contributed by atoms with E-state index in [0.717, 1.165) is 12.8 Å². The molecule has 3 rings (SSSR count). The molecule has 0 aliphatic carbocycles. The molecule has 2 N–H and O–H groups in total. The minimum Gasteiger partial charge on any atom is -0.442 e. The molecule has 2 saturated heterocycles. The number of cyclic esters (lactones) is 1. The molecule has 0 saturated carbocycles. The normalized spacial score (nSPS) is 20.6. The largest absolute Gasteiger partial charge is 0.442 e. The molecule has 0 spiro atoms. The van der Waals surface area contributed by atoms with Crippen molar-refractivity contribution < 1.29 is 23.9 Å². The number of amides is 2. The van der Waals surface area contributed by atoms with Crippen molar-refractivity contribution in [3.63, 3.8) is 0 Å². The van der Waals surface area contributed by atoms with E-state index in [4.69, 9.17) is 9.94 Å². The number of carbonyl (C=O) groups is 2. The quantitative estimate of drug-likeness (QED) is 0.570. The van der Waals surface area contributed by atoms with Gasteiger partial charge in [-0.25, -0.2) is 9.18 Å². The van der Waals surface area contributed by atoms with E-state index in [-0.39, 0.29) is 19.0 Å². The standard InChI is InChI=1S/C18H24FN5O4/c1-12(25)20-10-15-11-24(18(26)28-15)14-2-3-17(16(19)8-14)23-6-4-13(5-7-23)9-21-22-27/h2-3,8,13,15H,4-7,9-11H2,1H3,(H,20,25)(H,21,27)/t15-/m0/s1. The van der Waals surface area contributed by atoms with E-state index in [1.807, 2.05) is 4.90 Å². The lowest BCUT2D eigenvalue weighted by Gasteiger charge is -2.33. The molecule has 2 aliphatic rings. The number of carbonyl (C=O) groups excluding carboxylic acids is 2. The van der Waals surface area contributed by atoms with Crippen LogP contribution in [0.15, 0.2) is 28.6 Å². The Hall–Kier alpha value is -2.91. The Kier molecular flexibility index (Phi) is 6.27. The second kappa shape index (κ2) is 8.85. The van der Waals surface area contributed by atoms with Crippen LogP contribution in [0.3, 0.4) is 0 Å². The summed E-state index contributed by atoms with van der Waals surface area (Å²) in [6.45, 7) is 3.72. The van der Waals surface area contributed by atoms with Crippen LogP contribution in [0.25, 0.3) is 0 Å². The first-order chi connectivity index (χ1) is 13.5. The first kappa shape index (κ1) is 19.8. The predicted octanol–water partition coefficient (Wildman–Crippen LogP) is 2.34. The van der Waals surface area contributed by atoms with E-state index in [1.54, 1.807) is 12.1 Å². The number of benzene rings is 1. The maximum Gasteiger partial charge on any atom is 0.414 e. The van der Waals surface area contributed by atoms with E-state index in [0.29, 0.717) is 36.9 Å². The number of hydrogen-bond acceptors (Lipinski definition) is 6. The van der Waals surface area contributed by atoms with Crippen LogP contribution in [-0.4, -0.2) is 56.0 Å². The summed E-state index contributed by atoms with van der Waals surface area (Å²) in [5.41, 5.74) is 0.920. The fraction of sp³-hybridized carbons (Fsp3) is 0.556. The van der Waals surface area contributed by atoms with Crippen molar-refractivity contribution in [3.8, 4) is 0 Å². The molecule has 1 atom stereocenters. The lowest BCUT2D eigenvalue weighted by molar-refractivity contribution is -0.119. The topological polar surface area (TPSA) is 107 Å². The highest BCUT2D eigenvalue weighted by molar-refractivity contribution is 5.90. The van der Waals surface area contributed by atoms with Gasteiger partial charge in [0.2, 0.25) is 5.91 Å². The second-order valence-corrected chi connectivity index (χ2v) is 7.03. The molecule has 0 radical (unpaired) electrons. The summed E-state index contributed by atoms with van der Waals surface area (Å²) in [5, 5.41) is 17.4. The van der Waals surface area contributed by atoms with Gasteiger partial charge in [-0.3, -0.25) is 9.69 Å². The minimum absolute atomic E-state index is 0.201. The van der Waals surface area contributed by atoms with Gasteiger partial charge in [0.15, 0.2) is 0 Å². The SMILES string of the molecule is CC(=O)NC[C@H]1CN(c2ccc(N3CCC(CN=NO)CC3)c(F)c2)C(=O)O1. The predicted molar refractivity (Wildman–Crippen MR) is 99.1 cm³/mol. The van der Waals surface area contributed by atoms with Crippen molar-refractivity contribution >= 4 is 23.4 Å². The van der Waals surface area contributed by atoms with Gasteiger partial charge in [0.1, 0.15) is 11.9 Å². The first-order valence-corrected chi connectivity index (χ1v) is 9.26. The molecular formula is C18H24FN5O4. The Bertz CT molecular complexity index is 751. The third kappa shape index (κ3) is 4.68. The zero-order valence-electron chi connectivity index (χ0n) is 15.7. The van der Waals surface area contributed by atoms with Gasteiger partial charge < -0.3 is 20.2 Å². The Morgan fingerprint density at radius 1 is 1.39 bits per heavy atom. The van der Waals surface area contributed by atoms with Gasteiger partial charge in [-0.2, -0.15) is 5.11 Å². The Balaban J connectivity index is 1.61. The van der Waals surface area contributed by atoms with Crippen LogP contribution >= 0.6 is 0 Å². The van der Waals surface area contributed by atoms with Gasteiger partial charge in [-0.1, -0.05) is 0 Å². The number of nitrogens with zero attached hydrogens (tertiary/aromatic N) is 4. The van der Waals surface area contributed by atoms with Gasteiger partial charge in [0.25, 0.3) is 0 Å². The Morgan fingerprint density at radius 3 is 2.79 bits per heavy atom. The molecule has 9 nitrogen and oxygen atoms in total. The van der Waals surface area contributed by atoms with E-state index in [1.165, 1.54) is 17.9 Å². The average molecular weight is 393 g/mol. The number of halogens is 1. The van der Waals surface area contributed by atoms with Gasteiger partial charge in [-0.15, -0.1) is 0 Å². The molecule has 2 fully saturated rings. The number of rotatable bonds is 6. The number of anilines is 2. The molecule has 1 aromatic carbocycles. The Labute approximate surface area is 162 Å². The molecule has 10 heteroatoms. The van der Waals surface area contributed by atoms with Crippen molar-refractivity contribution in [2.45, 2.75) is 25.9 Å². The van der Waals surface area contributed by atoms with Crippen molar-refractivity contribution in [2.24, 2.45) is 16.3 Å². The van der Waals surface area contributed by atoms with Gasteiger partial charge in [0, 0.05) is 25.3 Å². The highest BCUT2D eigenvalue weighted by Crippen LogP contribution is 2.30. The Morgan fingerprint density at radius 2 is 2.14 bits per heavy atom. The summed E-state index contributed by atoms with van der Waals surface area (Å²) in [6.07, 6.45) is 0.656. The van der Waals surface area contributed by atoms with Crippen LogP contribution in [-0.2, 0) is 9.53 Å². The van der Waals surface area contributed by atoms with Crippen molar-refractivity contribution in [1.29, 1.82) is 0 Å². The molecule has 0 unspecified atom stereocenters. The minimum atomic E-state index is -0.554. The summed E-state index contributed by atoms with van der Waals surface area (Å²) in [4.78, 5) is 26.4. The maximum absolute atomic E-state index is 14.7. The molecule has 28 heavy (non-hydrogen) atoms. The highest BCUT2D eigenvalue weighted by Gasteiger charge is 2.33. The van der Waals surface area contributed by atoms with Gasteiger partial charge >= 0.3 is 6.09 Å². The monoisotopic (exact) mass is 393 g/mol. The lowest BCUT2D eigenvalue weighted by Crippen LogP contribution is -2.35.